The SMILES string of the molecule is NC(N)=NCCCC(NC(=O)C1CCCN1C(=O)C(CS)NC(=O)C(N)CS)C(=O)O. The molecule has 176 valence electrons. The van der Waals surface area contributed by atoms with Crippen molar-refractivity contribution in [2.45, 2.75) is 49.9 Å². The Bertz CT molecular complexity index is 690. The van der Waals surface area contributed by atoms with Gasteiger partial charge in [-0.25, -0.2) is 4.79 Å². The van der Waals surface area contributed by atoms with Crippen molar-refractivity contribution in [1.29, 1.82) is 0 Å². The Morgan fingerprint density at radius 1 is 1.13 bits per heavy atom. The average molecular weight is 478 g/mol. The van der Waals surface area contributed by atoms with Gasteiger partial charge < -0.3 is 37.8 Å². The standard InChI is InChI=1S/C17H31N7O5S2/c18-9(7-30)13(25)23-11(8-31)15(27)24-6-2-4-12(24)14(26)22-10(16(28)29)3-1-5-21-17(19)20/h9-12,30-31H,1-8,18H2,(H,22,26)(H,23,25)(H,28,29)(H4,19,20,21). The highest BCUT2D eigenvalue weighted by atomic mass is 32.1. The lowest BCUT2D eigenvalue weighted by Gasteiger charge is -2.29. The maximum atomic E-state index is 12.9. The van der Waals surface area contributed by atoms with Gasteiger partial charge in [0.25, 0.3) is 0 Å². The van der Waals surface area contributed by atoms with E-state index < -0.39 is 47.9 Å². The van der Waals surface area contributed by atoms with Crippen molar-refractivity contribution in [3.05, 3.63) is 0 Å². The number of carbonyl (C=O) groups is 4. The Morgan fingerprint density at radius 3 is 2.35 bits per heavy atom. The summed E-state index contributed by atoms with van der Waals surface area (Å²) in [5.74, 6) is -2.78. The molecule has 1 aliphatic rings. The first-order chi connectivity index (χ1) is 14.6. The molecule has 9 N–H and O–H groups in total. The number of nitrogens with two attached hydrogens (primary N) is 3. The van der Waals surface area contributed by atoms with Crippen LogP contribution in [0.2, 0.25) is 0 Å². The normalized spacial score (nSPS) is 18.5. The molecule has 0 saturated carbocycles. The van der Waals surface area contributed by atoms with Crippen LogP contribution in [0.15, 0.2) is 4.99 Å². The summed E-state index contributed by atoms with van der Waals surface area (Å²) in [6.07, 6.45) is 1.41. The first-order valence-electron chi connectivity index (χ1n) is 9.79. The molecule has 4 unspecified atom stereocenters. The molecule has 0 aromatic carbocycles. The molecule has 1 heterocycles. The molecule has 0 aromatic rings. The van der Waals surface area contributed by atoms with Gasteiger partial charge in [-0.1, -0.05) is 0 Å². The zero-order valence-electron chi connectivity index (χ0n) is 17.1. The number of nitrogens with one attached hydrogen (secondary N) is 2. The van der Waals surface area contributed by atoms with Crippen LogP contribution in [0.4, 0.5) is 0 Å². The summed E-state index contributed by atoms with van der Waals surface area (Å²) >= 11 is 8.07. The van der Waals surface area contributed by atoms with Crippen LogP contribution in [-0.4, -0.2) is 88.4 Å². The van der Waals surface area contributed by atoms with E-state index in [-0.39, 0.29) is 30.4 Å². The van der Waals surface area contributed by atoms with Gasteiger partial charge in [0.2, 0.25) is 17.7 Å². The number of rotatable bonds is 12. The third kappa shape index (κ3) is 8.45. The van der Waals surface area contributed by atoms with Crippen molar-refractivity contribution >= 4 is 54.9 Å². The maximum Gasteiger partial charge on any atom is 0.326 e. The number of hydrogen-bond donors (Lipinski definition) is 8. The van der Waals surface area contributed by atoms with Crippen LogP contribution in [0, 0.1) is 0 Å². The molecule has 1 fully saturated rings. The summed E-state index contributed by atoms with van der Waals surface area (Å²) in [5, 5.41) is 14.4. The Morgan fingerprint density at radius 2 is 1.81 bits per heavy atom. The van der Waals surface area contributed by atoms with E-state index in [4.69, 9.17) is 17.2 Å². The highest BCUT2D eigenvalue weighted by Crippen LogP contribution is 2.19. The third-order valence-corrected chi connectivity index (χ3v) is 5.49. The summed E-state index contributed by atoms with van der Waals surface area (Å²) in [7, 11) is 0. The van der Waals surface area contributed by atoms with Crippen molar-refractivity contribution in [3.8, 4) is 0 Å². The van der Waals surface area contributed by atoms with Gasteiger partial charge in [0, 0.05) is 24.6 Å². The molecule has 31 heavy (non-hydrogen) atoms. The molecule has 3 amide bonds. The van der Waals surface area contributed by atoms with Gasteiger partial charge in [-0.05, 0) is 25.7 Å². The maximum absolute atomic E-state index is 12.9. The number of guanidine groups is 1. The number of thiol groups is 2. The molecule has 1 saturated heterocycles. The van der Waals surface area contributed by atoms with E-state index in [2.05, 4.69) is 40.9 Å². The van der Waals surface area contributed by atoms with Crippen LogP contribution in [0.5, 0.6) is 0 Å². The lowest BCUT2D eigenvalue weighted by atomic mass is 10.1. The second-order valence-electron chi connectivity index (χ2n) is 7.07. The smallest absolute Gasteiger partial charge is 0.326 e. The van der Waals surface area contributed by atoms with Crippen LogP contribution in [-0.2, 0) is 19.2 Å². The van der Waals surface area contributed by atoms with Gasteiger partial charge in [0.05, 0.1) is 6.04 Å². The fourth-order valence-corrected chi connectivity index (χ4v) is 3.49. The van der Waals surface area contributed by atoms with E-state index in [0.717, 1.165) is 0 Å². The molecule has 0 spiro atoms. The van der Waals surface area contributed by atoms with Crippen molar-refractivity contribution in [2.24, 2.45) is 22.2 Å². The fraction of sp³-hybridized carbons (Fsp3) is 0.706. The molecule has 0 radical (unpaired) electrons. The number of hydrogen-bond acceptors (Lipinski definition) is 8. The summed E-state index contributed by atoms with van der Waals surface area (Å²) < 4.78 is 0. The number of carboxylic acids is 1. The number of aliphatic imine (C=N–C) groups is 1. The van der Waals surface area contributed by atoms with E-state index >= 15 is 0 Å². The number of aliphatic carboxylic acids is 1. The van der Waals surface area contributed by atoms with E-state index in [1.165, 1.54) is 4.90 Å². The molecular formula is C17H31N7O5S2. The van der Waals surface area contributed by atoms with E-state index in [9.17, 15) is 24.3 Å². The lowest BCUT2D eigenvalue weighted by molar-refractivity contribution is -0.144. The minimum atomic E-state index is -1.20. The Labute approximate surface area is 191 Å². The average Bonchev–Trinajstić information content (AvgIpc) is 3.22. The highest BCUT2D eigenvalue weighted by molar-refractivity contribution is 7.80. The first-order valence-corrected chi connectivity index (χ1v) is 11.1. The first kappa shape index (κ1) is 26.8. The van der Waals surface area contributed by atoms with Crippen molar-refractivity contribution in [3.63, 3.8) is 0 Å². The molecule has 4 atom stereocenters. The molecule has 0 aliphatic carbocycles. The second-order valence-corrected chi connectivity index (χ2v) is 7.80. The van der Waals surface area contributed by atoms with Crippen molar-refractivity contribution < 1.29 is 24.3 Å². The van der Waals surface area contributed by atoms with Crippen LogP contribution in [0.3, 0.4) is 0 Å². The highest BCUT2D eigenvalue weighted by Gasteiger charge is 2.38. The van der Waals surface area contributed by atoms with Crippen molar-refractivity contribution in [1.82, 2.24) is 15.5 Å². The van der Waals surface area contributed by atoms with E-state index in [0.29, 0.717) is 25.8 Å². The summed E-state index contributed by atoms with van der Waals surface area (Å²) in [5.41, 5.74) is 16.1. The van der Waals surface area contributed by atoms with Gasteiger partial charge in [-0.15, -0.1) is 0 Å². The minimum Gasteiger partial charge on any atom is -0.480 e. The molecule has 1 aliphatic heterocycles. The monoisotopic (exact) mass is 477 g/mol. The predicted octanol–water partition coefficient (Wildman–Crippen LogP) is -2.73. The zero-order chi connectivity index (χ0) is 23.6. The topological polar surface area (TPSA) is 206 Å². The Balaban J connectivity index is 2.77. The lowest BCUT2D eigenvalue weighted by Crippen LogP contribution is -2.57. The van der Waals surface area contributed by atoms with Gasteiger partial charge in [0.1, 0.15) is 18.1 Å². The number of carbonyl (C=O) groups excluding carboxylic acids is 3. The molecule has 14 heteroatoms. The molecule has 12 nitrogen and oxygen atoms in total. The van der Waals surface area contributed by atoms with E-state index in [1.54, 1.807) is 0 Å². The van der Waals surface area contributed by atoms with Crippen LogP contribution >= 0.6 is 25.3 Å². The second kappa shape index (κ2) is 13.3. The number of carboxylic acid groups (broad SMARTS) is 1. The van der Waals surface area contributed by atoms with Gasteiger partial charge in [-0.2, -0.15) is 25.3 Å². The quantitative estimate of drug-likeness (QED) is 0.0639. The molecule has 0 aromatic heterocycles. The zero-order valence-corrected chi connectivity index (χ0v) is 18.9. The van der Waals surface area contributed by atoms with Crippen LogP contribution < -0.4 is 27.8 Å². The Hall–Kier alpha value is -2.19. The van der Waals surface area contributed by atoms with Crippen molar-refractivity contribution in [2.75, 3.05) is 24.6 Å². The van der Waals surface area contributed by atoms with Gasteiger partial charge >= 0.3 is 5.97 Å². The Kier molecular flexibility index (Phi) is 11.5. The number of amides is 3. The van der Waals surface area contributed by atoms with Gasteiger partial charge in [0.15, 0.2) is 5.96 Å². The summed E-state index contributed by atoms with van der Waals surface area (Å²) in [4.78, 5) is 54.3. The number of nitrogens with zero attached hydrogens (tertiary/aromatic N) is 2. The van der Waals surface area contributed by atoms with Crippen LogP contribution in [0.1, 0.15) is 25.7 Å². The van der Waals surface area contributed by atoms with E-state index in [1.807, 2.05) is 0 Å². The number of likely N-dealkylation sites (tertiary alicyclic amines) is 1. The largest absolute Gasteiger partial charge is 0.480 e. The predicted molar refractivity (Wildman–Crippen MR) is 122 cm³/mol. The van der Waals surface area contributed by atoms with Gasteiger partial charge in [-0.3, -0.25) is 19.4 Å². The fourth-order valence-electron chi connectivity index (χ4n) is 3.08. The summed E-state index contributed by atoms with van der Waals surface area (Å²) in [6, 6.07) is -3.84. The molecule has 0 bridgehead atoms. The molecular weight excluding hydrogens is 446 g/mol. The summed E-state index contributed by atoms with van der Waals surface area (Å²) in [6.45, 7) is 0.533. The minimum absolute atomic E-state index is 0.0112. The van der Waals surface area contributed by atoms with Crippen LogP contribution in [0.25, 0.3) is 0 Å². The molecule has 1 rings (SSSR count). The third-order valence-electron chi connectivity index (χ3n) is 4.73.